The molecule has 1 saturated heterocycles. The van der Waals surface area contributed by atoms with Crippen molar-refractivity contribution in [2.45, 2.75) is 18.5 Å². The number of nitrogens with zero attached hydrogens (tertiary/aromatic N) is 2. The molecule has 2 atom stereocenters. The average Bonchev–Trinajstić information content (AvgIpc) is 2.04. The van der Waals surface area contributed by atoms with E-state index in [1.807, 2.05) is 0 Å². The molecule has 0 aliphatic carbocycles. The fourth-order valence-corrected chi connectivity index (χ4v) is 1.96. The molecule has 1 aliphatic rings. The lowest BCUT2D eigenvalue weighted by Gasteiger charge is -2.40. The zero-order valence-electron chi connectivity index (χ0n) is 8.67. The normalized spacial score (nSPS) is 31.5. The van der Waals surface area contributed by atoms with Crippen molar-refractivity contribution in [3.05, 3.63) is 0 Å². The zero-order valence-corrected chi connectivity index (χ0v) is 8.67. The Morgan fingerprint density at radius 2 is 1.58 bits per heavy atom. The van der Waals surface area contributed by atoms with Crippen molar-refractivity contribution >= 4 is 0 Å². The predicted octanol–water partition coefficient (Wildman–Crippen LogP) is -0.160. The highest BCUT2D eigenvalue weighted by molar-refractivity contribution is 4.88. The molecule has 0 aromatic heterocycles. The van der Waals surface area contributed by atoms with Crippen molar-refractivity contribution in [2.24, 2.45) is 0 Å². The number of hydrogen-bond donors (Lipinski definition) is 1. The highest BCUT2D eigenvalue weighted by atomic mass is 15.2. The molecule has 1 heterocycles. The molecule has 0 aromatic carbocycles. The van der Waals surface area contributed by atoms with Gasteiger partial charge in [0, 0.05) is 18.6 Å². The Morgan fingerprint density at radius 1 is 1.00 bits per heavy atom. The van der Waals surface area contributed by atoms with Crippen LogP contribution in [0.15, 0.2) is 0 Å². The monoisotopic (exact) mass is 171 g/mol. The van der Waals surface area contributed by atoms with Crippen molar-refractivity contribution in [3.8, 4) is 0 Å². The molecule has 0 radical (unpaired) electrons. The fourth-order valence-electron chi connectivity index (χ4n) is 1.96. The molecule has 1 rings (SSSR count). The van der Waals surface area contributed by atoms with Crippen molar-refractivity contribution in [2.75, 3.05) is 41.3 Å². The van der Waals surface area contributed by atoms with E-state index in [9.17, 15) is 0 Å². The summed E-state index contributed by atoms with van der Waals surface area (Å²) in [5, 5.41) is 3.43. The van der Waals surface area contributed by atoms with E-state index < -0.39 is 0 Å². The SMILES string of the molecule is CN(C)C1CCNCC1N(C)C. The van der Waals surface area contributed by atoms with Crippen LogP contribution in [-0.4, -0.2) is 63.2 Å². The van der Waals surface area contributed by atoms with E-state index in [-0.39, 0.29) is 0 Å². The first-order chi connectivity index (χ1) is 5.63. The molecule has 0 aromatic rings. The third-order valence-electron chi connectivity index (χ3n) is 2.74. The number of rotatable bonds is 2. The lowest BCUT2D eigenvalue weighted by Crippen LogP contribution is -2.56. The van der Waals surface area contributed by atoms with Gasteiger partial charge in [-0.1, -0.05) is 0 Å². The Kier molecular flexibility index (Phi) is 3.50. The maximum absolute atomic E-state index is 3.43. The standard InChI is InChI=1S/C9H21N3/c1-11(2)8-5-6-10-7-9(8)12(3)4/h8-10H,5-7H2,1-4H3. The summed E-state index contributed by atoms with van der Waals surface area (Å²) < 4.78 is 0. The van der Waals surface area contributed by atoms with Gasteiger partial charge in [-0.25, -0.2) is 0 Å². The van der Waals surface area contributed by atoms with Crippen LogP contribution in [0.25, 0.3) is 0 Å². The molecule has 12 heavy (non-hydrogen) atoms. The van der Waals surface area contributed by atoms with E-state index in [4.69, 9.17) is 0 Å². The van der Waals surface area contributed by atoms with E-state index in [0.717, 1.165) is 13.1 Å². The first-order valence-corrected chi connectivity index (χ1v) is 4.66. The van der Waals surface area contributed by atoms with Gasteiger partial charge in [-0.15, -0.1) is 0 Å². The van der Waals surface area contributed by atoms with Gasteiger partial charge in [0.15, 0.2) is 0 Å². The summed E-state index contributed by atoms with van der Waals surface area (Å²) >= 11 is 0. The molecular formula is C9H21N3. The van der Waals surface area contributed by atoms with Crippen molar-refractivity contribution in [1.29, 1.82) is 0 Å². The number of nitrogens with one attached hydrogen (secondary N) is 1. The second kappa shape index (κ2) is 4.21. The van der Waals surface area contributed by atoms with E-state index >= 15 is 0 Å². The summed E-state index contributed by atoms with van der Waals surface area (Å²) in [6, 6.07) is 1.37. The van der Waals surface area contributed by atoms with Gasteiger partial charge in [0.1, 0.15) is 0 Å². The van der Waals surface area contributed by atoms with Crippen molar-refractivity contribution in [1.82, 2.24) is 15.1 Å². The van der Waals surface area contributed by atoms with Gasteiger partial charge in [-0.05, 0) is 41.2 Å². The first-order valence-electron chi connectivity index (χ1n) is 4.66. The van der Waals surface area contributed by atoms with E-state index in [2.05, 4.69) is 43.3 Å². The van der Waals surface area contributed by atoms with Gasteiger partial charge >= 0.3 is 0 Å². The van der Waals surface area contributed by atoms with Crippen LogP contribution >= 0.6 is 0 Å². The number of likely N-dealkylation sites (N-methyl/N-ethyl adjacent to an activating group) is 2. The topological polar surface area (TPSA) is 18.5 Å². The first kappa shape index (κ1) is 9.96. The molecule has 0 saturated carbocycles. The molecule has 0 amide bonds. The Bertz CT molecular complexity index is 118. The van der Waals surface area contributed by atoms with Gasteiger partial charge in [0.25, 0.3) is 0 Å². The second-order valence-corrected chi connectivity index (χ2v) is 4.05. The lowest BCUT2D eigenvalue weighted by molar-refractivity contribution is 0.120. The molecule has 72 valence electrons. The molecule has 2 unspecified atom stereocenters. The highest BCUT2D eigenvalue weighted by Gasteiger charge is 2.27. The van der Waals surface area contributed by atoms with Gasteiger partial charge in [0.2, 0.25) is 0 Å². The number of hydrogen-bond acceptors (Lipinski definition) is 3. The van der Waals surface area contributed by atoms with Crippen LogP contribution in [0.2, 0.25) is 0 Å². The minimum absolute atomic E-state index is 0.661. The summed E-state index contributed by atoms with van der Waals surface area (Å²) in [5.41, 5.74) is 0. The van der Waals surface area contributed by atoms with Crippen LogP contribution < -0.4 is 5.32 Å². The molecule has 3 heteroatoms. The van der Waals surface area contributed by atoms with Gasteiger partial charge in [-0.2, -0.15) is 0 Å². The van der Waals surface area contributed by atoms with E-state index in [1.54, 1.807) is 0 Å². The van der Waals surface area contributed by atoms with Crippen LogP contribution in [-0.2, 0) is 0 Å². The van der Waals surface area contributed by atoms with E-state index in [0.29, 0.717) is 12.1 Å². The zero-order chi connectivity index (χ0) is 9.14. The smallest absolute Gasteiger partial charge is 0.0370 e. The Hall–Kier alpha value is -0.120. The van der Waals surface area contributed by atoms with Crippen molar-refractivity contribution < 1.29 is 0 Å². The minimum atomic E-state index is 0.661. The molecular weight excluding hydrogens is 150 g/mol. The summed E-state index contributed by atoms with van der Waals surface area (Å²) in [7, 11) is 8.67. The van der Waals surface area contributed by atoms with Gasteiger partial charge < -0.3 is 15.1 Å². The van der Waals surface area contributed by atoms with Crippen molar-refractivity contribution in [3.63, 3.8) is 0 Å². The van der Waals surface area contributed by atoms with Gasteiger partial charge in [-0.3, -0.25) is 0 Å². The number of piperidine rings is 1. The third-order valence-corrected chi connectivity index (χ3v) is 2.74. The van der Waals surface area contributed by atoms with Crippen LogP contribution in [0.1, 0.15) is 6.42 Å². The van der Waals surface area contributed by atoms with Crippen LogP contribution in [0, 0.1) is 0 Å². The second-order valence-electron chi connectivity index (χ2n) is 4.05. The predicted molar refractivity (Wildman–Crippen MR) is 52.4 cm³/mol. The van der Waals surface area contributed by atoms with E-state index in [1.165, 1.54) is 6.42 Å². The highest BCUT2D eigenvalue weighted by Crippen LogP contribution is 2.12. The molecule has 0 spiro atoms. The van der Waals surface area contributed by atoms with Crippen LogP contribution in [0.3, 0.4) is 0 Å². The molecule has 1 fully saturated rings. The largest absolute Gasteiger partial charge is 0.315 e. The summed E-state index contributed by atoms with van der Waals surface area (Å²) in [6.45, 7) is 2.28. The quantitative estimate of drug-likeness (QED) is 0.623. The average molecular weight is 171 g/mol. The summed E-state index contributed by atoms with van der Waals surface area (Å²) in [4.78, 5) is 4.66. The fraction of sp³-hybridized carbons (Fsp3) is 1.00. The lowest BCUT2D eigenvalue weighted by atomic mass is 9.99. The Morgan fingerprint density at radius 3 is 2.00 bits per heavy atom. The van der Waals surface area contributed by atoms with Crippen LogP contribution in [0.5, 0.6) is 0 Å². The molecule has 0 bridgehead atoms. The molecule has 1 N–H and O–H groups in total. The summed E-state index contributed by atoms with van der Waals surface area (Å²) in [6.07, 6.45) is 1.26. The molecule has 1 aliphatic heterocycles. The molecule has 3 nitrogen and oxygen atoms in total. The maximum atomic E-state index is 3.43. The Labute approximate surface area is 75.7 Å². The van der Waals surface area contributed by atoms with Gasteiger partial charge in [0.05, 0.1) is 0 Å². The van der Waals surface area contributed by atoms with Crippen LogP contribution in [0.4, 0.5) is 0 Å². The Balaban J connectivity index is 2.54. The summed E-state index contributed by atoms with van der Waals surface area (Å²) in [5.74, 6) is 0. The third kappa shape index (κ3) is 2.19. The maximum Gasteiger partial charge on any atom is 0.0370 e. The minimum Gasteiger partial charge on any atom is -0.315 e.